The van der Waals surface area contributed by atoms with E-state index in [1.165, 1.54) is 25.1 Å². The first-order chi connectivity index (χ1) is 13.4. The molecule has 0 atom stereocenters. The highest BCUT2D eigenvalue weighted by atomic mass is 79.9. The summed E-state index contributed by atoms with van der Waals surface area (Å²) in [5.41, 5.74) is 0.299. The fourth-order valence-electron chi connectivity index (χ4n) is 2.35. The summed E-state index contributed by atoms with van der Waals surface area (Å²) in [4.78, 5) is 23.4. The van der Waals surface area contributed by atoms with Crippen LogP contribution in [0.5, 0.6) is 5.75 Å². The van der Waals surface area contributed by atoms with Gasteiger partial charge in [0, 0.05) is 17.1 Å². The van der Waals surface area contributed by atoms with E-state index >= 15 is 0 Å². The van der Waals surface area contributed by atoms with Gasteiger partial charge in [-0.3, -0.25) is 9.59 Å². The molecule has 28 heavy (non-hydrogen) atoms. The van der Waals surface area contributed by atoms with Gasteiger partial charge in [-0.05, 0) is 54.6 Å². The highest BCUT2D eigenvalue weighted by Crippen LogP contribution is 2.22. The van der Waals surface area contributed by atoms with Crippen molar-refractivity contribution in [2.75, 3.05) is 10.6 Å². The van der Waals surface area contributed by atoms with Crippen LogP contribution in [0.1, 0.15) is 23.2 Å². The van der Waals surface area contributed by atoms with Gasteiger partial charge in [-0.25, -0.2) is 4.39 Å². The van der Waals surface area contributed by atoms with Gasteiger partial charge in [0.05, 0.1) is 5.69 Å². The van der Waals surface area contributed by atoms with Crippen molar-refractivity contribution in [3.8, 4) is 5.75 Å². The quantitative estimate of drug-likeness (QED) is 0.559. The van der Waals surface area contributed by atoms with Crippen molar-refractivity contribution in [2.45, 2.75) is 13.5 Å². The van der Waals surface area contributed by atoms with Crippen LogP contribution in [0.4, 0.5) is 15.8 Å². The predicted octanol–water partition coefficient (Wildman–Crippen LogP) is 4.97. The molecule has 8 heteroatoms. The zero-order valence-electron chi connectivity index (χ0n) is 14.8. The lowest BCUT2D eigenvalue weighted by Crippen LogP contribution is -2.13. The van der Waals surface area contributed by atoms with Crippen molar-refractivity contribution in [1.29, 1.82) is 0 Å². The molecule has 3 aromatic rings. The molecule has 0 radical (unpaired) electrons. The van der Waals surface area contributed by atoms with E-state index in [1.54, 1.807) is 18.2 Å². The number of ether oxygens (including phenoxy) is 1. The molecule has 0 spiro atoms. The Morgan fingerprint density at radius 1 is 1.07 bits per heavy atom. The molecule has 0 aliphatic carbocycles. The van der Waals surface area contributed by atoms with Gasteiger partial charge in [0.25, 0.3) is 5.91 Å². The highest BCUT2D eigenvalue weighted by Gasteiger charge is 2.14. The van der Waals surface area contributed by atoms with Gasteiger partial charge < -0.3 is 19.8 Å². The van der Waals surface area contributed by atoms with Crippen LogP contribution >= 0.6 is 15.9 Å². The van der Waals surface area contributed by atoms with Crippen molar-refractivity contribution in [3.05, 3.63) is 76.4 Å². The molecule has 0 aliphatic heterocycles. The van der Waals surface area contributed by atoms with Crippen LogP contribution in [0.15, 0.2) is 63.5 Å². The Hall–Kier alpha value is -3.13. The number of hydrogen-bond donors (Lipinski definition) is 2. The minimum atomic E-state index is -0.632. The lowest BCUT2D eigenvalue weighted by molar-refractivity contribution is -0.114. The summed E-state index contributed by atoms with van der Waals surface area (Å²) in [6, 6.07) is 14.3. The van der Waals surface area contributed by atoms with Crippen LogP contribution in [0.2, 0.25) is 0 Å². The molecule has 3 rings (SSSR count). The lowest BCUT2D eigenvalue weighted by Gasteiger charge is -2.08. The predicted molar refractivity (Wildman–Crippen MR) is 106 cm³/mol. The zero-order valence-corrected chi connectivity index (χ0v) is 16.4. The summed E-state index contributed by atoms with van der Waals surface area (Å²) in [5, 5.41) is 4.95. The van der Waals surface area contributed by atoms with Crippen molar-refractivity contribution in [1.82, 2.24) is 0 Å². The number of furan rings is 1. The second-order valence-corrected chi connectivity index (χ2v) is 6.75. The highest BCUT2D eigenvalue weighted by molar-refractivity contribution is 9.10. The van der Waals surface area contributed by atoms with E-state index in [2.05, 4.69) is 26.6 Å². The molecule has 1 heterocycles. The number of nitrogens with one attached hydrogen (secondary N) is 2. The minimum Gasteiger partial charge on any atom is -0.486 e. The Kier molecular flexibility index (Phi) is 6.10. The van der Waals surface area contributed by atoms with Crippen LogP contribution < -0.4 is 15.4 Å². The number of carbonyl (C=O) groups is 2. The van der Waals surface area contributed by atoms with E-state index in [1.807, 2.05) is 12.1 Å². The summed E-state index contributed by atoms with van der Waals surface area (Å²) in [5.74, 6) is -0.436. The summed E-state index contributed by atoms with van der Waals surface area (Å²) in [7, 11) is 0. The first-order valence-electron chi connectivity index (χ1n) is 8.26. The number of anilines is 2. The second-order valence-electron chi connectivity index (χ2n) is 5.84. The van der Waals surface area contributed by atoms with E-state index in [0.29, 0.717) is 17.2 Å². The molecule has 0 bridgehead atoms. The lowest BCUT2D eigenvalue weighted by atomic mass is 10.2. The van der Waals surface area contributed by atoms with Crippen LogP contribution in [-0.4, -0.2) is 11.8 Å². The number of carbonyl (C=O) groups excluding carboxylic acids is 2. The number of benzene rings is 2. The van der Waals surface area contributed by atoms with E-state index in [4.69, 9.17) is 9.15 Å². The number of halogens is 2. The molecule has 0 unspecified atom stereocenters. The first kappa shape index (κ1) is 19.6. The molecule has 144 valence electrons. The smallest absolute Gasteiger partial charge is 0.291 e. The Labute approximate surface area is 168 Å². The second kappa shape index (κ2) is 8.71. The van der Waals surface area contributed by atoms with Gasteiger partial charge in [0.2, 0.25) is 5.91 Å². The average Bonchev–Trinajstić information content (AvgIpc) is 3.13. The van der Waals surface area contributed by atoms with E-state index in [0.717, 1.165) is 10.5 Å². The van der Waals surface area contributed by atoms with Gasteiger partial charge in [0.15, 0.2) is 5.76 Å². The third-order valence-electron chi connectivity index (χ3n) is 3.62. The summed E-state index contributed by atoms with van der Waals surface area (Å²) < 4.78 is 25.9. The summed E-state index contributed by atoms with van der Waals surface area (Å²) in [6.45, 7) is 1.48. The maximum Gasteiger partial charge on any atom is 0.291 e. The van der Waals surface area contributed by atoms with E-state index in [9.17, 15) is 14.0 Å². The van der Waals surface area contributed by atoms with Gasteiger partial charge in [-0.2, -0.15) is 0 Å². The molecule has 2 N–H and O–H groups in total. The Balaban J connectivity index is 1.64. The van der Waals surface area contributed by atoms with Crippen LogP contribution in [-0.2, 0) is 11.4 Å². The molecule has 0 aliphatic rings. The standard InChI is InChI=1S/C20H16BrFN2O4/c1-12(25)23-14-4-8-17(22)18(10-14)24-20(26)19-9-7-16(28-19)11-27-15-5-2-13(21)3-6-15/h2-10H,11H2,1H3,(H,23,25)(H,24,26). The summed E-state index contributed by atoms with van der Waals surface area (Å²) >= 11 is 3.34. The van der Waals surface area contributed by atoms with Crippen molar-refractivity contribution >= 4 is 39.1 Å². The SMILES string of the molecule is CC(=O)Nc1ccc(F)c(NC(=O)c2ccc(COc3ccc(Br)cc3)o2)c1. The van der Waals surface area contributed by atoms with Crippen molar-refractivity contribution in [3.63, 3.8) is 0 Å². The minimum absolute atomic E-state index is 0.0127. The molecule has 0 saturated carbocycles. The first-order valence-corrected chi connectivity index (χ1v) is 9.05. The van der Waals surface area contributed by atoms with Crippen molar-refractivity contribution in [2.24, 2.45) is 0 Å². The van der Waals surface area contributed by atoms with Crippen molar-refractivity contribution < 1.29 is 23.1 Å². The molecule has 2 aromatic carbocycles. The van der Waals surface area contributed by atoms with Gasteiger partial charge >= 0.3 is 0 Å². The molecule has 2 amide bonds. The third kappa shape index (κ3) is 5.20. The van der Waals surface area contributed by atoms with Gasteiger partial charge in [0.1, 0.15) is 23.9 Å². The van der Waals surface area contributed by atoms with Crippen LogP contribution in [0.25, 0.3) is 0 Å². The van der Waals surface area contributed by atoms with E-state index in [-0.39, 0.29) is 24.0 Å². The largest absolute Gasteiger partial charge is 0.486 e. The zero-order chi connectivity index (χ0) is 20.1. The molecule has 0 saturated heterocycles. The topological polar surface area (TPSA) is 80.6 Å². The fourth-order valence-corrected chi connectivity index (χ4v) is 2.61. The van der Waals surface area contributed by atoms with Gasteiger partial charge in [-0.1, -0.05) is 15.9 Å². The molecule has 1 aromatic heterocycles. The third-order valence-corrected chi connectivity index (χ3v) is 4.14. The molecule has 0 fully saturated rings. The molecular formula is C20H16BrFN2O4. The molecule has 6 nitrogen and oxygen atoms in total. The molecular weight excluding hydrogens is 431 g/mol. The number of amides is 2. The Bertz CT molecular complexity index is 1000. The fraction of sp³-hybridized carbons (Fsp3) is 0.100. The van der Waals surface area contributed by atoms with Crippen LogP contribution in [0, 0.1) is 5.82 Å². The summed E-state index contributed by atoms with van der Waals surface area (Å²) in [6.07, 6.45) is 0. The average molecular weight is 447 g/mol. The maximum atomic E-state index is 13.9. The number of rotatable bonds is 6. The van der Waals surface area contributed by atoms with Crippen LogP contribution in [0.3, 0.4) is 0 Å². The Morgan fingerprint density at radius 2 is 1.82 bits per heavy atom. The Morgan fingerprint density at radius 3 is 2.54 bits per heavy atom. The normalized spacial score (nSPS) is 10.4. The monoisotopic (exact) mass is 446 g/mol. The van der Waals surface area contributed by atoms with Gasteiger partial charge in [-0.15, -0.1) is 0 Å². The number of hydrogen-bond acceptors (Lipinski definition) is 4. The maximum absolute atomic E-state index is 13.9. The van der Waals surface area contributed by atoms with E-state index < -0.39 is 11.7 Å².